The molecule has 0 aromatic heterocycles. The zero-order valence-electron chi connectivity index (χ0n) is 13.7. The second-order valence-electron chi connectivity index (χ2n) is 4.88. The molecule has 0 aliphatic carbocycles. The molecule has 0 fully saturated rings. The molecule has 6 nitrogen and oxygen atoms in total. The molecule has 31 heavy (non-hydrogen) atoms. The second kappa shape index (κ2) is 8.65. The Morgan fingerprint density at radius 2 is 0.935 bits per heavy atom. The van der Waals surface area contributed by atoms with Gasteiger partial charge >= 0.3 is 48.7 Å². The van der Waals surface area contributed by atoms with Crippen molar-refractivity contribution in [3.63, 3.8) is 0 Å². The molecule has 0 saturated heterocycles. The molecule has 0 spiro atoms. The third-order valence-corrected chi connectivity index (χ3v) is 2.44. The van der Waals surface area contributed by atoms with Crippen molar-refractivity contribution in [2.45, 2.75) is 42.8 Å². The van der Waals surface area contributed by atoms with Gasteiger partial charge in [-0.15, -0.1) is 0 Å². The lowest BCUT2D eigenvalue weighted by atomic mass is 10.4. The van der Waals surface area contributed by atoms with Gasteiger partial charge in [-0.3, -0.25) is 4.79 Å². The van der Waals surface area contributed by atoms with Crippen molar-refractivity contribution in [2.24, 2.45) is 0 Å². The third-order valence-electron chi connectivity index (χ3n) is 2.44. The molecule has 2 N–H and O–H groups in total. The first-order valence-electron chi connectivity index (χ1n) is 6.68. The lowest BCUT2D eigenvalue weighted by Crippen LogP contribution is -2.59. The minimum atomic E-state index is -7.45. The van der Waals surface area contributed by atoms with Crippen LogP contribution in [0.4, 0.5) is 65.9 Å². The Bertz CT molecular complexity index is 634. The smallest absolute Gasteiger partial charge is 0.395 e. The molecule has 21 heteroatoms. The van der Waals surface area contributed by atoms with Gasteiger partial charge in [-0.1, -0.05) is 0 Å². The Balaban J connectivity index is 5.69. The Morgan fingerprint density at radius 3 is 1.26 bits per heavy atom. The number of hydrogen-bond acceptors (Lipinski definition) is 5. The molecule has 0 radical (unpaired) electrons. The van der Waals surface area contributed by atoms with E-state index in [4.69, 9.17) is 5.11 Å². The Labute approximate surface area is 158 Å². The number of aliphatic hydroxyl groups is 1. The maximum absolute atomic E-state index is 13.1. The van der Waals surface area contributed by atoms with E-state index in [1.807, 2.05) is 4.74 Å². The molecule has 0 aliphatic heterocycles. The fraction of sp³-hybridized carbons (Fsp3) is 0.900. The fourth-order valence-corrected chi connectivity index (χ4v) is 1.10. The van der Waals surface area contributed by atoms with E-state index < -0.39 is 61.9 Å². The molecule has 186 valence electrons. The summed E-state index contributed by atoms with van der Waals surface area (Å²) in [5, 5.41) is 9.10. The molecule has 0 unspecified atom stereocenters. The summed E-state index contributed by atoms with van der Waals surface area (Å²) in [5.74, 6) is -2.98. The molecule has 0 saturated carbocycles. The van der Waals surface area contributed by atoms with Gasteiger partial charge in [0.05, 0.1) is 6.61 Å². The standard InChI is InChI=1S/C10H6F15NO5/c11-4(12,3(28)26-1-2-27)29-7(18,19)8(20,21)31-10(24,25)9(22,23)30-6(16,17)5(13,14)15/h27H,1-2H2,(H,26,28). The summed E-state index contributed by atoms with van der Waals surface area (Å²) < 4.78 is 194. The van der Waals surface area contributed by atoms with E-state index in [0.29, 0.717) is 0 Å². The van der Waals surface area contributed by atoms with Gasteiger partial charge < -0.3 is 10.4 Å². The number of hydrogen-bond donors (Lipinski definition) is 2. The normalized spacial score (nSPS) is 15.2. The highest BCUT2D eigenvalue weighted by molar-refractivity contribution is 5.81. The van der Waals surface area contributed by atoms with Gasteiger partial charge in [0.1, 0.15) is 0 Å². The fourth-order valence-electron chi connectivity index (χ4n) is 1.10. The average Bonchev–Trinajstić information content (AvgIpc) is 2.47. The van der Waals surface area contributed by atoms with Gasteiger partial charge in [-0.05, 0) is 0 Å². The summed E-state index contributed by atoms with van der Waals surface area (Å²) in [4.78, 5) is 10.7. The lowest BCUT2D eigenvalue weighted by Gasteiger charge is -2.34. The van der Waals surface area contributed by atoms with Crippen molar-refractivity contribution in [3.05, 3.63) is 0 Å². The van der Waals surface area contributed by atoms with Crippen LogP contribution >= 0.6 is 0 Å². The van der Waals surface area contributed by atoms with Crippen molar-refractivity contribution < 1.29 is 90.0 Å². The Morgan fingerprint density at radius 1 is 0.613 bits per heavy atom. The number of alkyl halides is 15. The number of carbonyl (C=O) groups is 1. The Kier molecular flexibility index (Phi) is 8.17. The van der Waals surface area contributed by atoms with E-state index in [9.17, 15) is 70.7 Å². The predicted molar refractivity (Wildman–Crippen MR) is 59.1 cm³/mol. The molecular formula is C10H6F15NO5. The van der Waals surface area contributed by atoms with E-state index in [1.54, 1.807) is 0 Å². The zero-order chi connectivity index (χ0) is 25.3. The molecule has 0 heterocycles. The molecule has 0 aromatic carbocycles. The van der Waals surface area contributed by atoms with E-state index in [-0.39, 0.29) is 0 Å². The summed E-state index contributed by atoms with van der Waals surface area (Å²) in [5.41, 5.74) is 0. The Hall–Kier alpha value is -1.74. The van der Waals surface area contributed by atoms with Crippen molar-refractivity contribution >= 4 is 5.91 Å². The number of halogens is 15. The first-order valence-corrected chi connectivity index (χ1v) is 6.68. The van der Waals surface area contributed by atoms with E-state index in [1.165, 1.54) is 9.47 Å². The number of aliphatic hydroxyl groups excluding tert-OH is 1. The number of ether oxygens (including phenoxy) is 3. The van der Waals surface area contributed by atoms with Gasteiger partial charge in [-0.25, -0.2) is 14.2 Å². The topological polar surface area (TPSA) is 77.0 Å². The lowest BCUT2D eigenvalue weighted by molar-refractivity contribution is -0.565. The molecule has 0 rings (SSSR count). The van der Waals surface area contributed by atoms with Crippen LogP contribution in [0.25, 0.3) is 0 Å². The number of amides is 1. The van der Waals surface area contributed by atoms with Crippen LogP contribution in [0.1, 0.15) is 0 Å². The van der Waals surface area contributed by atoms with Crippen molar-refractivity contribution in [1.29, 1.82) is 0 Å². The SMILES string of the molecule is O=C(NCCO)C(F)(F)OC(F)(F)C(F)(F)OC(F)(F)C(F)(F)OC(F)(F)C(F)(F)F. The quantitative estimate of drug-likeness (QED) is 0.422. The minimum Gasteiger partial charge on any atom is -0.395 e. The van der Waals surface area contributed by atoms with E-state index in [2.05, 4.69) is 0 Å². The number of rotatable bonds is 11. The molecule has 0 aromatic rings. The van der Waals surface area contributed by atoms with Crippen molar-refractivity contribution in [2.75, 3.05) is 13.2 Å². The first-order chi connectivity index (χ1) is 13.4. The summed E-state index contributed by atoms with van der Waals surface area (Å²) in [6.07, 6.45) is -49.6. The van der Waals surface area contributed by atoms with E-state index >= 15 is 0 Å². The number of carbonyl (C=O) groups excluding carboxylic acids is 1. The molecule has 0 atom stereocenters. The third kappa shape index (κ3) is 6.87. The van der Waals surface area contributed by atoms with Crippen LogP contribution in [0.15, 0.2) is 0 Å². The summed E-state index contributed by atoms with van der Waals surface area (Å²) in [6.45, 7) is -2.22. The van der Waals surface area contributed by atoms with Crippen LogP contribution in [0, 0.1) is 0 Å². The van der Waals surface area contributed by atoms with Gasteiger partial charge in [0.25, 0.3) is 0 Å². The molecular weight excluding hydrogens is 499 g/mol. The van der Waals surface area contributed by atoms with Gasteiger partial charge in [-0.2, -0.15) is 65.9 Å². The zero-order valence-corrected chi connectivity index (χ0v) is 13.7. The second-order valence-corrected chi connectivity index (χ2v) is 4.88. The monoisotopic (exact) mass is 505 g/mol. The summed E-state index contributed by atoms with van der Waals surface area (Å²) in [7, 11) is 0. The first kappa shape index (κ1) is 29.3. The van der Waals surface area contributed by atoms with Crippen LogP contribution in [0.2, 0.25) is 0 Å². The molecule has 0 bridgehead atoms. The highest BCUT2D eigenvalue weighted by atomic mass is 19.4. The van der Waals surface area contributed by atoms with Crippen LogP contribution in [0.3, 0.4) is 0 Å². The van der Waals surface area contributed by atoms with Gasteiger partial charge in [0.15, 0.2) is 0 Å². The predicted octanol–water partition coefficient (Wildman–Crippen LogP) is 3.26. The van der Waals surface area contributed by atoms with Gasteiger partial charge in [0.2, 0.25) is 0 Å². The number of nitrogens with one attached hydrogen (secondary N) is 1. The van der Waals surface area contributed by atoms with Crippen LogP contribution in [0.5, 0.6) is 0 Å². The highest BCUT2D eigenvalue weighted by Gasteiger charge is 2.76. The maximum atomic E-state index is 13.1. The maximum Gasteiger partial charge on any atom is 0.483 e. The van der Waals surface area contributed by atoms with Crippen molar-refractivity contribution in [3.8, 4) is 0 Å². The minimum absolute atomic E-state index is 0.898. The van der Waals surface area contributed by atoms with Crippen molar-refractivity contribution in [1.82, 2.24) is 5.32 Å². The summed E-state index contributed by atoms with van der Waals surface area (Å²) in [6, 6.07) is 0. The van der Waals surface area contributed by atoms with E-state index in [0.717, 1.165) is 5.32 Å². The van der Waals surface area contributed by atoms with Crippen LogP contribution in [-0.2, 0) is 19.0 Å². The highest BCUT2D eigenvalue weighted by Crippen LogP contribution is 2.50. The summed E-state index contributed by atoms with van der Waals surface area (Å²) >= 11 is 0. The largest absolute Gasteiger partial charge is 0.483 e. The van der Waals surface area contributed by atoms with Crippen LogP contribution < -0.4 is 5.32 Å². The molecule has 0 aliphatic rings. The van der Waals surface area contributed by atoms with Gasteiger partial charge in [0, 0.05) is 6.54 Å². The molecule has 1 amide bonds. The van der Waals surface area contributed by atoms with Crippen LogP contribution in [-0.4, -0.2) is 67.0 Å². The average molecular weight is 505 g/mol.